The van der Waals surface area contributed by atoms with E-state index in [1.54, 1.807) is 109 Å². The van der Waals surface area contributed by atoms with Crippen LogP contribution in [-0.4, -0.2) is 243 Å². The van der Waals surface area contributed by atoms with Crippen molar-refractivity contribution in [1.82, 2.24) is 38.2 Å². The van der Waals surface area contributed by atoms with Gasteiger partial charge in [0.05, 0.1) is 26.4 Å². The van der Waals surface area contributed by atoms with Crippen LogP contribution in [-0.2, 0) is 81.7 Å². The van der Waals surface area contributed by atoms with E-state index in [-0.39, 0.29) is 23.3 Å². The zero-order valence-corrected chi connectivity index (χ0v) is 71.5. The van der Waals surface area contributed by atoms with E-state index in [1.165, 1.54) is 48.8 Å². The summed E-state index contributed by atoms with van der Waals surface area (Å²) >= 11 is 10.6. The number of carbonyl (C=O) groups excluding carboxylic acids is 4. The highest BCUT2D eigenvalue weighted by molar-refractivity contribution is 8.05. The molecule has 4 aromatic heterocycles. The summed E-state index contributed by atoms with van der Waals surface area (Å²) in [5.74, 6) is -3.36. The number of amides is 4. The molecule has 53 nitrogen and oxygen atoms in total. The molecule has 5 aliphatic rings. The first-order valence-electron chi connectivity index (χ1n) is 35.7. The average Bonchev–Trinajstić information content (AvgIpc) is 1.76. The molecule has 13 rings (SSSR count). The minimum Gasteiger partial charge on any atom is -0.394 e. The predicted molar refractivity (Wildman–Crippen MR) is 428 cm³/mol. The maximum Gasteiger partial charge on any atom is 0.490 e. The zero-order chi connectivity index (χ0) is 93.1. The number of nitrogens with one attached hydrogen (secondary N) is 4. The van der Waals surface area contributed by atoms with E-state index in [0.717, 1.165) is 30.7 Å². The fourth-order valence-electron chi connectivity index (χ4n) is 11.7. The van der Waals surface area contributed by atoms with Gasteiger partial charge >= 0.3 is 75.3 Å². The van der Waals surface area contributed by atoms with Gasteiger partial charge in [-0.1, -0.05) is 72.8 Å². The zero-order valence-electron chi connectivity index (χ0n) is 63.7. The van der Waals surface area contributed by atoms with E-state index in [1.807, 2.05) is 0 Å². The van der Waals surface area contributed by atoms with Gasteiger partial charge in [-0.05, 0) is 95.3 Å². The molecule has 9 unspecified atom stereocenters. The van der Waals surface area contributed by atoms with Gasteiger partial charge in [0, 0.05) is 47.0 Å². The Hall–Kier alpha value is -8.57. The van der Waals surface area contributed by atoms with Crippen LogP contribution in [0.4, 0.5) is 23.3 Å². The van der Waals surface area contributed by atoms with Crippen LogP contribution in [0.2, 0.25) is 0 Å². The van der Waals surface area contributed by atoms with Crippen molar-refractivity contribution in [3.05, 3.63) is 235 Å². The number of phosphoric ester groups is 1. The average molecular weight is 1970 g/mol. The van der Waals surface area contributed by atoms with Gasteiger partial charge < -0.3 is 125 Å². The fourth-order valence-corrected chi connectivity index (χ4v) is 22.3. The van der Waals surface area contributed by atoms with Crippen molar-refractivity contribution in [2.45, 2.75) is 98.2 Å². The van der Waals surface area contributed by atoms with E-state index in [4.69, 9.17) is 70.3 Å². The van der Waals surface area contributed by atoms with Gasteiger partial charge in [0.2, 0.25) is 0 Å². The molecule has 4 amide bonds. The molecular weight excluding hydrogens is 1890 g/mol. The van der Waals surface area contributed by atoms with Gasteiger partial charge in [-0.25, -0.2) is 46.1 Å². The lowest BCUT2D eigenvalue weighted by Crippen LogP contribution is -2.36. The van der Waals surface area contributed by atoms with Crippen LogP contribution in [0, 0.1) is 0 Å². The van der Waals surface area contributed by atoms with Crippen LogP contribution in [0.15, 0.2) is 190 Å². The summed E-state index contributed by atoms with van der Waals surface area (Å²) in [6.45, 7) is -2.85. The molecule has 0 saturated carbocycles. The number of aromatic nitrogens is 8. The third-order valence-corrected chi connectivity index (χ3v) is 29.4. The highest BCUT2D eigenvalue weighted by Gasteiger charge is 2.55. The van der Waals surface area contributed by atoms with Crippen LogP contribution in [0.3, 0.4) is 0 Å². The lowest BCUT2D eigenvalue weighted by Gasteiger charge is -2.28. The number of nitrogens with zero attached hydrogens (tertiary/aromatic N) is 8. The van der Waals surface area contributed by atoms with E-state index < -0.39 is 229 Å². The molecule has 0 aliphatic carbocycles. The molecule has 9 heterocycles. The highest BCUT2D eigenvalue weighted by atomic mass is 35.9. The molecule has 127 heavy (non-hydrogen) atoms. The molecule has 8 aromatic rings. The third kappa shape index (κ3) is 27.8. The Kier molecular flexibility index (Phi) is 33.7. The van der Waals surface area contributed by atoms with Crippen molar-refractivity contribution < 1.29 is 176 Å². The van der Waals surface area contributed by atoms with Gasteiger partial charge in [0.1, 0.15) is 96.5 Å². The summed E-state index contributed by atoms with van der Waals surface area (Å²) in [6, 6.07) is 38.1. The van der Waals surface area contributed by atoms with Gasteiger partial charge in [0.15, 0.2) is 30.8 Å². The molecule has 5 aliphatic heterocycles. The lowest BCUT2D eigenvalue weighted by molar-refractivity contribution is -0.0549. The van der Waals surface area contributed by atoms with Crippen molar-refractivity contribution in [2.24, 2.45) is 0 Å². The first-order chi connectivity index (χ1) is 59.5. The molecule has 19 N–H and O–H groups in total. The molecule has 5 fully saturated rings. The summed E-state index contributed by atoms with van der Waals surface area (Å²) in [5, 5.41) is 100.0. The highest BCUT2D eigenvalue weighted by Crippen LogP contribution is 2.79. The van der Waals surface area contributed by atoms with Crippen molar-refractivity contribution in [3.8, 4) is 0 Å². The Labute approximate surface area is 719 Å². The van der Waals surface area contributed by atoms with E-state index >= 15 is 0 Å². The Morgan fingerprint density at radius 1 is 0.409 bits per heavy atom. The van der Waals surface area contributed by atoms with Gasteiger partial charge in [0.25, 0.3) is 23.6 Å². The topological polar surface area (TPSA) is 780 Å². The number of aliphatic hydroxyl groups is 9. The predicted octanol–water partition coefficient (Wildman–Crippen LogP) is 0.897. The van der Waals surface area contributed by atoms with Gasteiger partial charge in [-0.2, -0.15) is 28.6 Å². The first-order valence-corrected chi connectivity index (χ1v) is 48.7. The number of rotatable bonds is 26. The standard InChI is InChI=1S/C17H20N3O13P3.C16H16Cl2N3O7P.C16H20N3O15P3.C16H17N3O6/c21-13-11(8-30-35(27)9-34(25,26)32-36(28,29)33-35)31-16(14(13)22)20-7-6-12(19-17(20)24)18-15(23)10-4-2-1-3-5-10;17-29(18,26)27-8-10-12(22)13(23)15(28-10)21-7-6-11(20-16(21)25)19-14(24)9-4-2-1-3-5-9;20-12-10(8-31-36(27,28)34-37(29,30)33-35(24,25)26)32-15(13(12)21)19-7-6-11(18-16(19)23)17-14(22)9-4-2-1-3-5-9;20-8-10-12(21)13(22)15(25-10)19-7-6-11(18-16(19)24)17-14(23)9-4-2-1-3-5-9/h1-7,11,13-14,16,21-22H,8-9H2,(H,25,26)(H,28,29)(H,18,19,23,24);1-7,10,12-13,15,22-23H,8H2,(H,19,20,24,25);1-7,10,12-13,15,20-21H,8H2,(H,27,28)(H,29,30)(H2,24,25,26)(H,17,18,22,23);1-7,10,12-13,15,20-22H,8H2,(H,17,18,23,24)/t11-,13?,14+,16-,35?;3*10-,12?,13+,15-/m1111/s1. The molecule has 62 heteroatoms. The molecule has 0 bridgehead atoms. The van der Waals surface area contributed by atoms with Gasteiger partial charge in [-0.15, -0.1) is 0 Å². The second kappa shape index (κ2) is 42.5. The number of halogens is 2. The molecule has 0 radical (unpaired) electrons. The summed E-state index contributed by atoms with van der Waals surface area (Å²) < 4.78 is 135. The quantitative estimate of drug-likeness (QED) is 0.0335. The number of benzene rings is 4. The first kappa shape index (κ1) is 101. The van der Waals surface area contributed by atoms with E-state index in [9.17, 15) is 126 Å². The molecule has 21 atom stereocenters. The third-order valence-electron chi connectivity index (χ3n) is 17.5. The smallest absolute Gasteiger partial charge is 0.394 e. The SMILES string of the molecule is O=C(Nc1ccn([C@@H]2O[C@H](CO)C(O)[C@@H]2O)c(=O)n1)c1ccccc1.O=C(Nc1ccn([C@@H]2O[C@H](COP(=O)(Cl)Cl)C(O)[C@@H]2O)c(=O)n1)c1ccccc1.O=C(Nc1ccn([C@@H]2O[C@H](COP(=O)(O)OP(=O)(O)OP(=O)(O)O)C(O)[C@@H]2O)c(=O)n1)c1ccccc1.O=C(Nc1ccn([C@@H]2O[C@H](COP3(=O)CP(=O)(O)OP(=O)(O)O3)C(O)[C@@H]2O)c(=O)n1)c1ccccc1. The molecular formula is C65H73Cl2N12O41P7. The van der Waals surface area contributed by atoms with E-state index in [2.05, 4.69) is 63.0 Å². The van der Waals surface area contributed by atoms with Crippen LogP contribution in [0.25, 0.3) is 0 Å². The Balaban J connectivity index is 0.000000178. The second-order valence-electron chi connectivity index (χ2n) is 26.6. The monoisotopic (exact) mass is 1960 g/mol. The number of ether oxygens (including phenoxy) is 4. The Morgan fingerprint density at radius 3 is 0.961 bits per heavy atom. The molecule has 4 aromatic carbocycles. The molecule has 688 valence electrons. The molecule has 0 spiro atoms. The summed E-state index contributed by atoms with van der Waals surface area (Å²) in [5.41, 5.74) is -2.17. The number of carbonyl (C=O) groups is 4. The number of hydrogen-bond donors (Lipinski definition) is 19. The summed E-state index contributed by atoms with van der Waals surface area (Å²) in [6.07, 6.45) is -22.5. The molecule has 5 saturated heterocycles. The number of aliphatic hydroxyl groups excluding tert-OH is 9. The van der Waals surface area contributed by atoms with Crippen LogP contribution < -0.4 is 44.0 Å². The van der Waals surface area contributed by atoms with Crippen LogP contribution in [0.5, 0.6) is 0 Å². The normalized spacial score (nSPS) is 28.3. The Morgan fingerprint density at radius 2 is 0.693 bits per heavy atom. The van der Waals surface area contributed by atoms with Gasteiger partial charge in [-0.3, -0.25) is 55.7 Å². The number of hydrogen-bond acceptors (Lipinski definition) is 39. The summed E-state index contributed by atoms with van der Waals surface area (Å²) in [7, 11) is -31.5. The van der Waals surface area contributed by atoms with Crippen molar-refractivity contribution in [3.63, 3.8) is 0 Å². The second-order valence-corrected chi connectivity index (χ2v) is 41.4. The maximum atomic E-state index is 12.6. The van der Waals surface area contributed by atoms with Crippen molar-refractivity contribution in [2.75, 3.05) is 53.6 Å². The van der Waals surface area contributed by atoms with Crippen molar-refractivity contribution >= 4 is 122 Å². The van der Waals surface area contributed by atoms with Crippen LogP contribution in [0.1, 0.15) is 66.3 Å². The minimum absolute atomic E-state index is 0.00163. The van der Waals surface area contributed by atoms with Crippen molar-refractivity contribution in [1.29, 1.82) is 0 Å². The Bertz CT molecular complexity index is 5850. The van der Waals surface area contributed by atoms with E-state index in [0.29, 0.717) is 22.3 Å². The number of anilines is 4. The fraction of sp³-hybridized carbons (Fsp3) is 0.323. The maximum absolute atomic E-state index is 12.6. The number of phosphoric acid groups is 4. The minimum atomic E-state index is -5.76. The summed E-state index contributed by atoms with van der Waals surface area (Å²) in [4.78, 5) is 167. The van der Waals surface area contributed by atoms with Crippen LogP contribution >= 0.6 is 75.0 Å². The lowest BCUT2D eigenvalue weighted by atomic mass is 10.1. The largest absolute Gasteiger partial charge is 0.490 e.